The number of hydrogen-bond acceptors (Lipinski definition) is 4. The lowest BCUT2D eigenvalue weighted by Crippen LogP contribution is -2.43. The highest BCUT2D eigenvalue weighted by atomic mass is 16.5. The maximum absolute atomic E-state index is 5.21. The molecule has 0 saturated carbocycles. The Bertz CT molecular complexity index is 325. The Kier molecular flexibility index (Phi) is 4.08. The molecule has 4 nitrogen and oxygen atoms in total. The van der Waals surface area contributed by atoms with E-state index in [0.717, 1.165) is 12.2 Å². The summed E-state index contributed by atoms with van der Waals surface area (Å²) in [5.74, 6) is 1.83. The number of hydrogen-bond donors (Lipinski definition) is 1. The monoisotopic (exact) mass is 225 g/mol. The number of nitrogens with one attached hydrogen (secondary N) is 1. The minimum atomic E-state index is 0.111. The summed E-state index contributed by atoms with van der Waals surface area (Å²) in [6.45, 7) is 12.7. The highest BCUT2D eigenvalue weighted by Gasteiger charge is 2.17. The molecule has 4 heteroatoms. The Labute approximate surface area is 97.8 Å². The molecule has 92 valence electrons. The van der Waals surface area contributed by atoms with Crippen molar-refractivity contribution in [1.29, 1.82) is 0 Å². The zero-order valence-electron chi connectivity index (χ0n) is 11.2. The van der Waals surface area contributed by atoms with E-state index in [-0.39, 0.29) is 5.54 Å². The van der Waals surface area contributed by atoms with Crippen LogP contribution in [-0.4, -0.2) is 21.7 Å². The van der Waals surface area contributed by atoms with Crippen LogP contribution in [-0.2, 0) is 6.42 Å². The van der Waals surface area contributed by atoms with E-state index in [0.29, 0.717) is 17.9 Å². The van der Waals surface area contributed by atoms with Crippen LogP contribution in [0.2, 0.25) is 0 Å². The quantitative estimate of drug-likeness (QED) is 0.855. The van der Waals surface area contributed by atoms with Crippen molar-refractivity contribution in [2.75, 3.05) is 0 Å². The topological polar surface area (TPSA) is 51.0 Å². The molecule has 0 aliphatic rings. The Hall–Kier alpha value is -0.900. The Balaban J connectivity index is 2.53. The molecule has 0 aliphatic carbocycles. The fourth-order valence-corrected chi connectivity index (χ4v) is 1.64. The molecular weight excluding hydrogens is 202 g/mol. The van der Waals surface area contributed by atoms with Crippen molar-refractivity contribution < 1.29 is 4.52 Å². The van der Waals surface area contributed by atoms with Crippen LogP contribution >= 0.6 is 0 Å². The van der Waals surface area contributed by atoms with Crippen molar-refractivity contribution >= 4 is 0 Å². The Morgan fingerprint density at radius 3 is 2.31 bits per heavy atom. The van der Waals surface area contributed by atoms with Gasteiger partial charge in [0.2, 0.25) is 5.89 Å². The number of aromatic nitrogens is 2. The first-order chi connectivity index (χ1) is 7.28. The highest BCUT2D eigenvalue weighted by molar-refractivity contribution is 4.93. The van der Waals surface area contributed by atoms with E-state index in [1.54, 1.807) is 0 Å². The lowest BCUT2D eigenvalue weighted by molar-refractivity contribution is 0.325. The molecule has 0 unspecified atom stereocenters. The molecule has 1 aromatic heterocycles. The van der Waals surface area contributed by atoms with Crippen molar-refractivity contribution in [2.24, 2.45) is 0 Å². The second-order valence-electron chi connectivity index (χ2n) is 5.70. The van der Waals surface area contributed by atoms with E-state index in [1.165, 1.54) is 0 Å². The number of nitrogens with zero attached hydrogens (tertiary/aromatic N) is 2. The summed E-state index contributed by atoms with van der Waals surface area (Å²) in [7, 11) is 0. The van der Waals surface area contributed by atoms with Crippen molar-refractivity contribution in [3.05, 3.63) is 11.7 Å². The van der Waals surface area contributed by atoms with Crippen molar-refractivity contribution in [3.63, 3.8) is 0 Å². The third kappa shape index (κ3) is 4.31. The molecule has 0 radical (unpaired) electrons. The van der Waals surface area contributed by atoms with Gasteiger partial charge in [0.05, 0.1) is 0 Å². The fraction of sp³-hybridized carbons (Fsp3) is 0.833. The van der Waals surface area contributed by atoms with Crippen LogP contribution in [0.5, 0.6) is 0 Å². The van der Waals surface area contributed by atoms with Gasteiger partial charge < -0.3 is 9.84 Å². The van der Waals surface area contributed by atoms with Gasteiger partial charge in [0.1, 0.15) is 0 Å². The third-order valence-corrected chi connectivity index (χ3v) is 2.16. The first kappa shape index (κ1) is 13.2. The average molecular weight is 225 g/mol. The molecule has 0 amide bonds. The molecule has 0 bridgehead atoms. The van der Waals surface area contributed by atoms with E-state index in [9.17, 15) is 0 Å². The molecule has 0 spiro atoms. The molecule has 1 atom stereocenters. The molecular formula is C12H23N3O. The Morgan fingerprint density at radius 2 is 1.88 bits per heavy atom. The van der Waals surface area contributed by atoms with Gasteiger partial charge in [0, 0.05) is 23.9 Å². The van der Waals surface area contributed by atoms with Gasteiger partial charge in [0.15, 0.2) is 5.82 Å². The van der Waals surface area contributed by atoms with E-state index < -0.39 is 0 Å². The summed E-state index contributed by atoms with van der Waals surface area (Å²) in [6, 6.07) is 0.334. The minimum absolute atomic E-state index is 0.111. The summed E-state index contributed by atoms with van der Waals surface area (Å²) < 4.78 is 5.21. The van der Waals surface area contributed by atoms with Gasteiger partial charge in [-0.3, -0.25) is 0 Å². The average Bonchev–Trinajstić information content (AvgIpc) is 2.48. The maximum atomic E-state index is 5.21. The standard InChI is InChI=1S/C12H23N3O/c1-8(2)11-13-10(16-15-11)7-9(3)14-12(4,5)6/h8-9,14H,7H2,1-6H3/t9-/m0/s1. The summed E-state index contributed by atoms with van der Waals surface area (Å²) in [6.07, 6.45) is 0.775. The van der Waals surface area contributed by atoms with Crippen LogP contribution in [0.25, 0.3) is 0 Å². The van der Waals surface area contributed by atoms with Crippen LogP contribution < -0.4 is 5.32 Å². The molecule has 16 heavy (non-hydrogen) atoms. The van der Waals surface area contributed by atoms with E-state index in [2.05, 4.69) is 57.0 Å². The second-order valence-corrected chi connectivity index (χ2v) is 5.70. The van der Waals surface area contributed by atoms with E-state index >= 15 is 0 Å². The molecule has 1 N–H and O–H groups in total. The fourth-order valence-electron chi connectivity index (χ4n) is 1.64. The molecule has 1 rings (SSSR count). The lowest BCUT2D eigenvalue weighted by Gasteiger charge is -2.25. The zero-order chi connectivity index (χ0) is 12.3. The van der Waals surface area contributed by atoms with Gasteiger partial charge in [-0.25, -0.2) is 0 Å². The first-order valence-electron chi connectivity index (χ1n) is 5.88. The molecule has 1 aromatic rings. The minimum Gasteiger partial charge on any atom is -0.339 e. The van der Waals surface area contributed by atoms with Gasteiger partial charge in [0.25, 0.3) is 0 Å². The van der Waals surface area contributed by atoms with Crippen molar-refractivity contribution in [2.45, 2.75) is 65.5 Å². The smallest absolute Gasteiger partial charge is 0.228 e. The number of rotatable bonds is 4. The lowest BCUT2D eigenvalue weighted by atomic mass is 10.1. The van der Waals surface area contributed by atoms with Crippen LogP contribution in [0.4, 0.5) is 0 Å². The van der Waals surface area contributed by atoms with Gasteiger partial charge in [-0.2, -0.15) is 4.98 Å². The second kappa shape index (κ2) is 4.95. The van der Waals surface area contributed by atoms with Gasteiger partial charge in [-0.15, -0.1) is 0 Å². The first-order valence-corrected chi connectivity index (χ1v) is 5.88. The van der Waals surface area contributed by atoms with E-state index in [4.69, 9.17) is 4.52 Å². The molecule has 0 fully saturated rings. The van der Waals surface area contributed by atoms with Crippen LogP contribution in [0.3, 0.4) is 0 Å². The summed E-state index contributed by atoms with van der Waals surface area (Å²) >= 11 is 0. The molecule has 0 saturated heterocycles. The summed E-state index contributed by atoms with van der Waals surface area (Å²) in [5.41, 5.74) is 0.111. The predicted octanol–water partition coefficient (Wildman–Crippen LogP) is 2.51. The van der Waals surface area contributed by atoms with Crippen LogP contribution in [0.15, 0.2) is 4.52 Å². The predicted molar refractivity (Wildman–Crippen MR) is 64.4 cm³/mol. The van der Waals surface area contributed by atoms with Gasteiger partial charge in [-0.1, -0.05) is 19.0 Å². The van der Waals surface area contributed by atoms with Crippen molar-refractivity contribution in [3.8, 4) is 0 Å². The largest absolute Gasteiger partial charge is 0.339 e. The molecule has 0 aliphatic heterocycles. The molecule has 0 aromatic carbocycles. The highest BCUT2D eigenvalue weighted by Crippen LogP contribution is 2.11. The molecule has 1 heterocycles. The van der Waals surface area contributed by atoms with Gasteiger partial charge >= 0.3 is 0 Å². The van der Waals surface area contributed by atoms with Crippen LogP contribution in [0, 0.1) is 0 Å². The zero-order valence-corrected chi connectivity index (χ0v) is 11.2. The normalized spacial score (nSPS) is 14.4. The van der Waals surface area contributed by atoms with Crippen molar-refractivity contribution in [1.82, 2.24) is 15.5 Å². The van der Waals surface area contributed by atoms with Crippen LogP contribution in [0.1, 0.15) is 59.2 Å². The van der Waals surface area contributed by atoms with E-state index in [1.807, 2.05) is 0 Å². The SMILES string of the molecule is CC(C)c1noc(C[C@H](C)NC(C)(C)C)n1. The Morgan fingerprint density at radius 1 is 1.25 bits per heavy atom. The third-order valence-electron chi connectivity index (χ3n) is 2.16. The maximum Gasteiger partial charge on any atom is 0.228 e. The van der Waals surface area contributed by atoms with Gasteiger partial charge in [-0.05, 0) is 27.7 Å². The summed E-state index contributed by atoms with van der Waals surface area (Å²) in [5, 5.41) is 7.43. The summed E-state index contributed by atoms with van der Waals surface area (Å²) in [4.78, 5) is 4.36.